The van der Waals surface area contributed by atoms with Crippen LogP contribution in [0, 0.1) is 13.8 Å². The predicted molar refractivity (Wildman–Crippen MR) is 90.8 cm³/mol. The number of aryl methyl sites for hydroxylation is 1. The van der Waals surface area contributed by atoms with Crippen LogP contribution in [0.15, 0.2) is 30.3 Å². The zero-order valence-electron chi connectivity index (χ0n) is 14.2. The van der Waals surface area contributed by atoms with E-state index in [1.54, 1.807) is 45.0 Å². The molecule has 0 aliphatic rings. The van der Waals surface area contributed by atoms with Gasteiger partial charge in [0, 0.05) is 16.9 Å². The molecule has 6 heteroatoms. The molecule has 1 aromatic carbocycles. The van der Waals surface area contributed by atoms with Crippen LogP contribution in [0.4, 0.5) is 5.69 Å². The van der Waals surface area contributed by atoms with E-state index in [1.807, 2.05) is 6.07 Å². The molecular formula is C18H22N2O4. The van der Waals surface area contributed by atoms with Crippen LogP contribution in [-0.4, -0.2) is 28.1 Å². The zero-order valence-corrected chi connectivity index (χ0v) is 14.2. The Morgan fingerprint density at radius 3 is 2.33 bits per heavy atom. The number of anilines is 1. The summed E-state index contributed by atoms with van der Waals surface area (Å²) in [6.45, 7) is 6.65. The predicted octanol–water partition coefficient (Wildman–Crippen LogP) is 2.87. The number of ether oxygens (including phenoxy) is 1. The molecule has 0 bridgehead atoms. The van der Waals surface area contributed by atoms with E-state index in [0.29, 0.717) is 22.5 Å². The van der Waals surface area contributed by atoms with Gasteiger partial charge in [0.05, 0.1) is 6.10 Å². The molecule has 0 saturated carbocycles. The highest BCUT2D eigenvalue weighted by Crippen LogP contribution is 2.25. The van der Waals surface area contributed by atoms with Crippen molar-refractivity contribution in [3.05, 3.63) is 52.8 Å². The highest BCUT2D eigenvalue weighted by atomic mass is 16.5. The molecule has 0 aliphatic heterocycles. The molecule has 0 spiro atoms. The molecular weight excluding hydrogens is 308 g/mol. The maximum Gasteiger partial charge on any atom is 0.355 e. The number of esters is 1. The van der Waals surface area contributed by atoms with Crippen molar-refractivity contribution in [1.29, 1.82) is 0 Å². The van der Waals surface area contributed by atoms with Gasteiger partial charge in [-0.15, -0.1) is 0 Å². The third kappa shape index (κ3) is 3.83. The fourth-order valence-electron chi connectivity index (χ4n) is 2.63. The van der Waals surface area contributed by atoms with E-state index >= 15 is 0 Å². The van der Waals surface area contributed by atoms with Gasteiger partial charge in [-0.2, -0.15) is 0 Å². The number of carbonyl (C=O) groups excluding carboxylic acids is 2. The first-order valence-electron chi connectivity index (χ1n) is 7.75. The Kier molecular flexibility index (Phi) is 5.41. The second-order valence-electron chi connectivity index (χ2n) is 5.74. The van der Waals surface area contributed by atoms with E-state index in [-0.39, 0.29) is 5.69 Å². The number of aliphatic hydroxyl groups excluding tert-OH is 1. The molecule has 0 saturated heterocycles. The Morgan fingerprint density at radius 2 is 1.79 bits per heavy atom. The van der Waals surface area contributed by atoms with Crippen molar-refractivity contribution in [1.82, 2.24) is 4.98 Å². The molecule has 2 rings (SSSR count). The van der Waals surface area contributed by atoms with Crippen LogP contribution >= 0.6 is 0 Å². The van der Waals surface area contributed by atoms with Crippen LogP contribution in [0.2, 0.25) is 0 Å². The topological polar surface area (TPSA) is 91.4 Å². The molecule has 0 fully saturated rings. The number of para-hydroxylation sites is 1. The van der Waals surface area contributed by atoms with E-state index in [1.165, 1.54) is 6.92 Å². The number of nitrogens with one attached hydrogen (secondary N) is 2. The first-order valence-corrected chi connectivity index (χ1v) is 7.75. The second-order valence-corrected chi connectivity index (χ2v) is 5.74. The van der Waals surface area contributed by atoms with Crippen LogP contribution < -0.4 is 5.32 Å². The van der Waals surface area contributed by atoms with Gasteiger partial charge < -0.3 is 20.1 Å². The summed E-state index contributed by atoms with van der Waals surface area (Å²) < 4.78 is 5.24. The van der Waals surface area contributed by atoms with Gasteiger partial charge >= 0.3 is 5.97 Å². The Labute approximate surface area is 140 Å². The van der Waals surface area contributed by atoms with Crippen molar-refractivity contribution in [2.24, 2.45) is 0 Å². The van der Waals surface area contributed by atoms with Crippen molar-refractivity contribution in [3.8, 4) is 0 Å². The fraction of sp³-hybridized carbons (Fsp3) is 0.333. The van der Waals surface area contributed by atoms with Gasteiger partial charge in [-0.1, -0.05) is 18.2 Å². The third-order valence-electron chi connectivity index (χ3n) is 3.81. The minimum absolute atomic E-state index is 0.253. The van der Waals surface area contributed by atoms with Gasteiger partial charge in [0.25, 0.3) is 5.91 Å². The SMILES string of the molecule is Cc1[nH]c(C(=O)O[C@@H](C)C(=O)Nc2ccccc2)c(C)c1[C@@H](C)O. The lowest BCUT2D eigenvalue weighted by Crippen LogP contribution is -2.30. The van der Waals surface area contributed by atoms with Crippen LogP contribution in [0.3, 0.4) is 0 Å². The average molecular weight is 330 g/mol. The summed E-state index contributed by atoms with van der Waals surface area (Å²) in [5.41, 5.74) is 2.89. The highest BCUT2D eigenvalue weighted by Gasteiger charge is 2.24. The molecule has 2 atom stereocenters. The monoisotopic (exact) mass is 330 g/mol. The summed E-state index contributed by atoms with van der Waals surface area (Å²) in [5, 5.41) is 12.5. The van der Waals surface area contributed by atoms with Crippen LogP contribution in [0.5, 0.6) is 0 Å². The first kappa shape index (κ1) is 17.7. The minimum Gasteiger partial charge on any atom is -0.448 e. The number of H-pyrrole nitrogens is 1. The Hall–Kier alpha value is -2.60. The summed E-state index contributed by atoms with van der Waals surface area (Å²) in [6.07, 6.45) is -1.64. The standard InChI is InChI=1S/C18H22N2O4/c1-10-15(12(3)21)11(2)19-16(10)18(23)24-13(4)17(22)20-14-8-6-5-7-9-14/h5-9,12-13,19,21H,1-4H3,(H,20,22)/t12-,13+/m1/s1. The Bertz CT molecular complexity index is 735. The number of hydrogen-bond donors (Lipinski definition) is 3. The van der Waals surface area contributed by atoms with Crippen LogP contribution in [0.25, 0.3) is 0 Å². The lowest BCUT2D eigenvalue weighted by molar-refractivity contribution is -0.123. The first-order chi connectivity index (χ1) is 11.3. The molecule has 1 amide bonds. The van der Waals surface area contributed by atoms with Crippen molar-refractivity contribution >= 4 is 17.6 Å². The van der Waals surface area contributed by atoms with Crippen LogP contribution in [0.1, 0.15) is 47.3 Å². The second kappa shape index (κ2) is 7.31. The van der Waals surface area contributed by atoms with E-state index in [4.69, 9.17) is 4.74 Å². The van der Waals surface area contributed by atoms with Crippen molar-refractivity contribution in [2.75, 3.05) is 5.32 Å². The lowest BCUT2D eigenvalue weighted by Gasteiger charge is -2.13. The Balaban J connectivity index is 2.06. The summed E-state index contributed by atoms with van der Waals surface area (Å²) in [5.74, 6) is -1.04. The smallest absolute Gasteiger partial charge is 0.355 e. The highest BCUT2D eigenvalue weighted by molar-refractivity contribution is 5.97. The fourth-order valence-corrected chi connectivity index (χ4v) is 2.63. The van der Waals surface area contributed by atoms with E-state index in [9.17, 15) is 14.7 Å². The summed E-state index contributed by atoms with van der Waals surface area (Å²) in [6, 6.07) is 8.94. The molecule has 24 heavy (non-hydrogen) atoms. The number of aromatic amines is 1. The number of carbonyl (C=O) groups is 2. The maximum atomic E-state index is 12.3. The number of aliphatic hydroxyl groups is 1. The quantitative estimate of drug-likeness (QED) is 0.735. The molecule has 2 aromatic rings. The van der Waals surface area contributed by atoms with Crippen LogP contribution in [-0.2, 0) is 9.53 Å². The molecule has 6 nitrogen and oxygen atoms in total. The maximum absolute atomic E-state index is 12.3. The van der Waals surface area contributed by atoms with Crippen molar-refractivity contribution in [3.63, 3.8) is 0 Å². The summed E-state index contributed by atoms with van der Waals surface area (Å²) in [4.78, 5) is 27.3. The zero-order chi connectivity index (χ0) is 17.9. The number of hydrogen-bond acceptors (Lipinski definition) is 4. The lowest BCUT2D eigenvalue weighted by atomic mass is 10.1. The van der Waals surface area contributed by atoms with Gasteiger partial charge in [-0.3, -0.25) is 4.79 Å². The van der Waals surface area contributed by atoms with Gasteiger partial charge in [0.2, 0.25) is 0 Å². The summed E-state index contributed by atoms with van der Waals surface area (Å²) >= 11 is 0. The molecule has 0 aliphatic carbocycles. The Morgan fingerprint density at radius 1 is 1.17 bits per heavy atom. The normalized spacial score (nSPS) is 13.2. The molecule has 1 aromatic heterocycles. The molecule has 0 unspecified atom stereocenters. The summed E-state index contributed by atoms with van der Waals surface area (Å²) in [7, 11) is 0. The van der Waals surface area contributed by atoms with Crippen molar-refractivity contribution < 1.29 is 19.4 Å². The van der Waals surface area contributed by atoms with Gasteiger partial charge in [-0.05, 0) is 45.4 Å². The van der Waals surface area contributed by atoms with Gasteiger partial charge in [0.15, 0.2) is 6.10 Å². The van der Waals surface area contributed by atoms with E-state index < -0.39 is 24.1 Å². The number of aromatic nitrogens is 1. The van der Waals surface area contributed by atoms with Gasteiger partial charge in [-0.25, -0.2) is 4.79 Å². The molecule has 0 radical (unpaired) electrons. The number of amides is 1. The number of benzene rings is 1. The molecule has 3 N–H and O–H groups in total. The largest absolute Gasteiger partial charge is 0.448 e. The van der Waals surface area contributed by atoms with Crippen molar-refractivity contribution in [2.45, 2.75) is 39.9 Å². The average Bonchev–Trinajstić information content (AvgIpc) is 2.83. The van der Waals surface area contributed by atoms with E-state index in [0.717, 1.165) is 0 Å². The molecule has 1 heterocycles. The van der Waals surface area contributed by atoms with E-state index in [2.05, 4.69) is 10.3 Å². The minimum atomic E-state index is -0.948. The van der Waals surface area contributed by atoms with Gasteiger partial charge in [0.1, 0.15) is 5.69 Å². The number of rotatable bonds is 5. The molecule has 128 valence electrons. The third-order valence-corrected chi connectivity index (χ3v) is 3.81.